The van der Waals surface area contributed by atoms with Crippen LogP contribution in [0.1, 0.15) is 19.4 Å². The van der Waals surface area contributed by atoms with Gasteiger partial charge in [0.05, 0.1) is 4.90 Å². The van der Waals surface area contributed by atoms with Crippen molar-refractivity contribution in [2.45, 2.75) is 31.7 Å². The lowest BCUT2D eigenvalue weighted by Crippen LogP contribution is -2.44. The van der Waals surface area contributed by atoms with E-state index in [4.69, 9.17) is 5.11 Å². The molecule has 1 rings (SSSR count). The molecule has 0 bridgehead atoms. The van der Waals surface area contributed by atoms with Gasteiger partial charge in [0.15, 0.2) is 0 Å². The fourth-order valence-corrected chi connectivity index (χ4v) is 3.17. The molecule has 1 atom stereocenters. The van der Waals surface area contributed by atoms with E-state index in [1.54, 1.807) is 13.8 Å². The summed E-state index contributed by atoms with van der Waals surface area (Å²) in [6, 6.07) is 2.39. The Kier molecular flexibility index (Phi) is 4.65. The van der Waals surface area contributed by atoms with Crippen LogP contribution in [-0.2, 0) is 14.8 Å². The third-order valence-corrected chi connectivity index (χ3v) is 4.31. The Morgan fingerprint density at radius 1 is 1.37 bits per heavy atom. The summed E-state index contributed by atoms with van der Waals surface area (Å²) < 4.78 is 39.6. The Hall–Kier alpha value is -1.47. The Morgan fingerprint density at radius 3 is 2.42 bits per heavy atom. The second-order valence-electron chi connectivity index (χ2n) is 4.54. The molecule has 0 aromatic heterocycles. The van der Waals surface area contributed by atoms with Gasteiger partial charge in [0.1, 0.15) is 11.9 Å². The Labute approximate surface area is 111 Å². The zero-order valence-electron chi connectivity index (χ0n) is 10.8. The van der Waals surface area contributed by atoms with Crippen molar-refractivity contribution < 1.29 is 22.7 Å². The number of nitrogens with one attached hydrogen (secondary N) is 1. The molecule has 19 heavy (non-hydrogen) atoms. The molecule has 0 heterocycles. The fourth-order valence-electron chi connectivity index (χ4n) is 1.58. The van der Waals surface area contributed by atoms with Gasteiger partial charge in [0.2, 0.25) is 10.0 Å². The molecule has 7 heteroatoms. The van der Waals surface area contributed by atoms with E-state index in [0.29, 0.717) is 0 Å². The lowest BCUT2D eigenvalue weighted by atomic mass is 10.1. The smallest absolute Gasteiger partial charge is 0.322 e. The summed E-state index contributed by atoms with van der Waals surface area (Å²) in [5.41, 5.74) is -0.0390. The predicted molar refractivity (Wildman–Crippen MR) is 67.7 cm³/mol. The predicted octanol–water partition coefficient (Wildman–Crippen LogP) is 1.52. The van der Waals surface area contributed by atoms with Gasteiger partial charge in [-0.3, -0.25) is 4.79 Å². The first-order chi connectivity index (χ1) is 8.66. The number of carboxylic acids is 1. The summed E-state index contributed by atoms with van der Waals surface area (Å²) in [6.07, 6.45) is 0. The van der Waals surface area contributed by atoms with Crippen molar-refractivity contribution in [1.29, 1.82) is 0 Å². The summed E-state index contributed by atoms with van der Waals surface area (Å²) in [5.74, 6) is -2.35. The summed E-state index contributed by atoms with van der Waals surface area (Å²) in [4.78, 5) is 10.8. The van der Waals surface area contributed by atoms with E-state index in [2.05, 4.69) is 4.72 Å². The molecule has 1 aromatic rings. The Bertz CT molecular complexity index is 583. The van der Waals surface area contributed by atoms with Crippen molar-refractivity contribution >= 4 is 16.0 Å². The van der Waals surface area contributed by atoms with Crippen molar-refractivity contribution in [1.82, 2.24) is 4.72 Å². The van der Waals surface area contributed by atoms with Crippen molar-refractivity contribution in [2.24, 2.45) is 5.92 Å². The molecule has 0 radical (unpaired) electrons. The topological polar surface area (TPSA) is 83.5 Å². The molecule has 0 aliphatic rings. The third kappa shape index (κ3) is 3.51. The first-order valence-electron chi connectivity index (χ1n) is 5.67. The summed E-state index contributed by atoms with van der Waals surface area (Å²) in [7, 11) is -4.07. The molecule has 5 nitrogen and oxygen atoms in total. The highest BCUT2D eigenvalue weighted by Gasteiger charge is 2.29. The third-order valence-electron chi connectivity index (χ3n) is 2.72. The maximum atomic E-state index is 13.4. The van der Waals surface area contributed by atoms with Crippen LogP contribution in [0.25, 0.3) is 0 Å². The van der Waals surface area contributed by atoms with Gasteiger partial charge >= 0.3 is 5.97 Å². The minimum Gasteiger partial charge on any atom is -0.480 e. The number of hydrogen-bond acceptors (Lipinski definition) is 3. The lowest BCUT2D eigenvalue weighted by molar-refractivity contribution is -0.140. The number of sulfonamides is 1. The van der Waals surface area contributed by atoms with Gasteiger partial charge in [0.25, 0.3) is 0 Å². The van der Waals surface area contributed by atoms with Crippen LogP contribution < -0.4 is 4.72 Å². The van der Waals surface area contributed by atoms with Crippen LogP contribution in [0.2, 0.25) is 0 Å². The molecule has 0 aliphatic carbocycles. The normalized spacial score (nSPS) is 13.5. The van der Waals surface area contributed by atoms with Crippen LogP contribution in [0.5, 0.6) is 0 Å². The summed E-state index contributed by atoms with van der Waals surface area (Å²) >= 11 is 0. The van der Waals surface area contributed by atoms with Gasteiger partial charge < -0.3 is 5.11 Å². The van der Waals surface area contributed by atoms with Crippen LogP contribution >= 0.6 is 0 Å². The number of hydrogen-bond donors (Lipinski definition) is 2. The van der Waals surface area contributed by atoms with Gasteiger partial charge in [-0.1, -0.05) is 19.9 Å². The van der Waals surface area contributed by atoms with E-state index >= 15 is 0 Å². The van der Waals surface area contributed by atoms with Gasteiger partial charge in [0, 0.05) is 5.56 Å². The van der Waals surface area contributed by atoms with Crippen molar-refractivity contribution in [3.05, 3.63) is 29.6 Å². The number of benzene rings is 1. The zero-order chi connectivity index (χ0) is 14.8. The van der Waals surface area contributed by atoms with Crippen LogP contribution in [0.3, 0.4) is 0 Å². The number of halogens is 1. The van der Waals surface area contributed by atoms with Crippen molar-refractivity contribution in [3.8, 4) is 0 Å². The molecule has 0 saturated carbocycles. The second kappa shape index (κ2) is 5.66. The molecular formula is C12H16FNO4S. The van der Waals surface area contributed by atoms with Crippen LogP contribution in [0.15, 0.2) is 23.1 Å². The standard InChI is InChI=1S/C12H16FNO4S/c1-7(2)11(12(15)16)14-19(17,18)10-6-4-5-9(13)8(10)3/h4-7,11,14H,1-3H3,(H,15,16)/t11-/m0/s1. The van der Waals surface area contributed by atoms with Gasteiger partial charge in [-0.15, -0.1) is 0 Å². The first-order valence-corrected chi connectivity index (χ1v) is 7.15. The molecule has 1 aromatic carbocycles. The molecule has 0 aliphatic heterocycles. The average molecular weight is 289 g/mol. The highest BCUT2D eigenvalue weighted by atomic mass is 32.2. The summed E-state index contributed by atoms with van der Waals surface area (Å²) in [5, 5.41) is 8.98. The van der Waals surface area contributed by atoms with E-state index < -0.39 is 33.8 Å². The van der Waals surface area contributed by atoms with Gasteiger partial charge in [-0.05, 0) is 25.0 Å². The summed E-state index contributed by atoms with van der Waals surface area (Å²) in [6.45, 7) is 4.49. The maximum Gasteiger partial charge on any atom is 0.322 e. The Morgan fingerprint density at radius 2 is 1.95 bits per heavy atom. The quantitative estimate of drug-likeness (QED) is 0.861. The minimum atomic E-state index is -4.07. The molecule has 0 amide bonds. The van der Waals surface area contributed by atoms with Crippen LogP contribution in [-0.4, -0.2) is 25.5 Å². The van der Waals surface area contributed by atoms with E-state index in [1.165, 1.54) is 19.1 Å². The largest absolute Gasteiger partial charge is 0.480 e. The maximum absolute atomic E-state index is 13.4. The van der Waals surface area contributed by atoms with E-state index in [9.17, 15) is 17.6 Å². The number of carboxylic acid groups (broad SMARTS) is 1. The number of aliphatic carboxylic acids is 1. The molecule has 0 saturated heterocycles. The highest BCUT2D eigenvalue weighted by molar-refractivity contribution is 7.89. The fraction of sp³-hybridized carbons (Fsp3) is 0.417. The number of rotatable bonds is 5. The van der Waals surface area contributed by atoms with Gasteiger partial charge in [-0.2, -0.15) is 4.72 Å². The van der Waals surface area contributed by atoms with E-state index in [-0.39, 0.29) is 10.5 Å². The van der Waals surface area contributed by atoms with Crippen LogP contribution in [0.4, 0.5) is 4.39 Å². The highest BCUT2D eigenvalue weighted by Crippen LogP contribution is 2.18. The molecule has 2 N–H and O–H groups in total. The van der Waals surface area contributed by atoms with Gasteiger partial charge in [-0.25, -0.2) is 12.8 Å². The SMILES string of the molecule is Cc1c(F)cccc1S(=O)(=O)N[C@H](C(=O)O)C(C)C. The zero-order valence-corrected chi connectivity index (χ0v) is 11.7. The molecule has 0 spiro atoms. The molecule has 106 valence electrons. The average Bonchev–Trinajstić information content (AvgIpc) is 2.28. The van der Waals surface area contributed by atoms with E-state index in [1.807, 2.05) is 0 Å². The van der Waals surface area contributed by atoms with Crippen molar-refractivity contribution in [2.75, 3.05) is 0 Å². The monoisotopic (exact) mass is 289 g/mol. The molecule has 0 unspecified atom stereocenters. The van der Waals surface area contributed by atoms with Crippen LogP contribution in [0, 0.1) is 18.7 Å². The lowest BCUT2D eigenvalue weighted by Gasteiger charge is -2.18. The first kappa shape index (κ1) is 15.6. The minimum absolute atomic E-state index is 0.0390. The molecular weight excluding hydrogens is 273 g/mol. The van der Waals surface area contributed by atoms with E-state index in [0.717, 1.165) is 6.07 Å². The second-order valence-corrected chi connectivity index (χ2v) is 6.23. The Balaban J connectivity index is 3.18. The molecule has 0 fully saturated rings. The van der Waals surface area contributed by atoms with Crippen molar-refractivity contribution in [3.63, 3.8) is 0 Å². The number of carbonyl (C=O) groups is 1.